The van der Waals surface area contributed by atoms with E-state index in [0.717, 1.165) is 22.3 Å². The summed E-state index contributed by atoms with van der Waals surface area (Å²) in [6.07, 6.45) is 1.72. The standard InChI is InChI=1S/C34H40N6O7S.4C18H15P.Pd/c1-20-16-26(48(46,47)40(2)3)13-15-27(20)23-8-4-21(5-9-23)17-30(33(43)36-25-12-14-28-29(18-25)38-39-32(28)42)37-31(41)24-10-6-22(7-11-24)19-35-34(44)45;4*1-4-10-16(11-5-1)19(17-12-6-2-7-13-17)18-14-8-3-9-15-18;/h4-5,8-9,12-16,18,22,24,30,35H,6-7,10-11,17,19H2,1-3H3,(H,36,43)(H,37,41)(H,44,45)(H2,38,39,42);4*1-15H;/t22?,24?,30-;;;;;/m0...../s1. The first-order valence-electron chi connectivity index (χ1n) is 41.3. The van der Waals surface area contributed by atoms with Gasteiger partial charge in [-0.3, -0.25) is 24.6 Å². The summed E-state index contributed by atoms with van der Waals surface area (Å²) in [6, 6.07) is 146. The van der Waals surface area contributed by atoms with Crippen molar-refractivity contribution in [3.05, 3.63) is 446 Å². The van der Waals surface area contributed by atoms with Gasteiger partial charge in [0.2, 0.25) is 21.8 Å². The number of anilines is 1. The zero-order valence-electron chi connectivity index (χ0n) is 69.7. The first kappa shape index (κ1) is 92.3. The molecule has 1 aliphatic rings. The van der Waals surface area contributed by atoms with Crippen LogP contribution in [0.2, 0.25) is 0 Å². The van der Waals surface area contributed by atoms with E-state index in [1.165, 1.54) is 82.1 Å². The monoisotopic (exact) mass is 1830 g/mol. The number of hydrogen-bond acceptors (Lipinski definition) is 6. The van der Waals surface area contributed by atoms with Crippen LogP contribution in [0, 0.1) is 18.8 Å². The number of fused-ring (bicyclic) bond motifs is 1. The van der Waals surface area contributed by atoms with Gasteiger partial charge in [-0.15, -0.1) is 0 Å². The maximum Gasteiger partial charge on any atom is 0.404 e. The minimum absolute atomic E-state index is 0. The number of nitrogens with zero attached hydrogens (tertiary/aromatic N) is 1. The molecule has 1 aromatic heterocycles. The molecule has 0 spiro atoms. The van der Waals surface area contributed by atoms with Gasteiger partial charge in [0, 0.05) is 59.1 Å². The number of carbonyl (C=O) groups is 3. The van der Waals surface area contributed by atoms with Crippen LogP contribution in [0.4, 0.5) is 10.5 Å². The van der Waals surface area contributed by atoms with E-state index in [0.29, 0.717) is 48.8 Å². The van der Waals surface area contributed by atoms with Gasteiger partial charge in [0.1, 0.15) is 6.04 Å². The fraction of sp³-hybridized carbons (Fsp3) is 0.113. The molecule has 125 heavy (non-hydrogen) atoms. The van der Waals surface area contributed by atoms with Crippen LogP contribution >= 0.6 is 31.7 Å². The van der Waals surface area contributed by atoms with Crippen molar-refractivity contribution in [2.75, 3.05) is 26.0 Å². The van der Waals surface area contributed by atoms with Crippen molar-refractivity contribution in [1.29, 1.82) is 0 Å². The van der Waals surface area contributed by atoms with Crippen molar-refractivity contribution in [2.45, 2.75) is 50.0 Å². The van der Waals surface area contributed by atoms with Gasteiger partial charge in [-0.2, -0.15) is 0 Å². The Labute approximate surface area is 752 Å². The number of rotatable bonds is 23. The van der Waals surface area contributed by atoms with Crippen molar-refractivity contribution in [3.63, 3.8) is 0 Å². The fourth-order valence-electron chi connectivity index (χ4n) is 14.8. The topological polar surface area (TPSA) is 194 Å². The third kappa shape index (κ3) is 26.1. The third-order valence-corrected chi connectivity index (χ3v) is 32.7. The average Bonchev–Trinajstić information content (AvgIpc) is 1.78. The van der Waals surface area contributed by atoms with Crippen molar-refractivity contribution in [1.82, 2.24) is 25.1 Å². The number of nitrogens with one attached hydrogen (secondary N) is 5. The van der Waals surface area contributed by atoms with Crippen molar-refractivity contribution < 1.29 is 48.3 Å². The molecule has 0 aliphatic heterocycles. The van der Waals surface area contributed by atoms with E-state index in [-0.39, 0.29) is 55.0 Å². The number of aromatic nitrogens is 2. The summed E-state index contributed by atoms with van der Waals surface area (Å²) < 4.78 is 26.3. The van der Waals surface area contributed by atoms with E-state index in [9.17, 15) is 27.6 Å². The van der Waals surface area contributed by atoms with Crippen LogP contribution in [0.5, 0.6) is 0 Å². The summed E-state index contributed by atoms with van der Waals surface area (Å²) in [6.45, 7) is 2.20. The normalized spacial score (nSPS) is 13.0. The molecule has 1 aliphatic carbocycles. The Morgan fingerprint density at radius 1 is 0.408 bits per heavy atom. The summed E-state index contributed by atoms with van der Waals surface area (Å²) in [5.74, 6) is -0.787. The number of aromatic amines is 2. The number of carbonyl (C=O) groups excluding carboxylic acids is 2. The van der Waals surface area contributed by atoms with Crippen LogP contribution in [0.15, 0.2) is 434 Å². The second-order valence-corrected chi connectivity index (χ2v) is 40.9. The Kier molecular flexibility index (Phi) is 34.9. The molecule has 17 rings (SSSR count). The number of sulfonamides is 1. The maximum absolute atomic E-state index is 13.6. The van der Waals surface area contributed by atoms with Crippen molar-refractivity contribution in [3.8, 4) is 11.1 Å². The quantitative estimate of drug-likeness (QED) is 0.0271. The summed E-state index contributed by atoms with van der Waals surface area (Å²) in [5.41, 5.74) is 4.06. The molecule has 632 valence electrons. The molecule has 3 amide bonds. The number of carboxylic acid groups (broad SMARTS) is 1. The number of H-pyrrole nitrogens is 2. The Bertz CT molecular complexity index is 5310. The molecule has 6 N–H and O–H groups in total. The van der Waals surface area contributed by atoms with Crippen LogP contribution in [0.1, 0.15) is 36.8 Å². The summed E-state index contributed by atoms with van der Waals surface area (Å²) in [7, 11) is -2.37. The summed E-state index contributed by atoms with van der Waals surface area (Å²) in [5, 5.41) is 39.7. The zero-order valence-corrected chi connectivity index (χ0v) is 75.7. The second kappa shape index (κ2) is 47.2. The van der Waals surface area contributed by atoms with E-state index in [2.05, 4.69) is 390 Å². The largest absolute Gasteiger partial charge is 0.465 e. The van der Waals surface area contributed by atoms with Crippen LogP contribution in [0.3, 0.4) is 0 Å². The van der Waals surface area contributed by atoms with Gasteiger partial charge >= 0.3 is 6.09 Å². The Morgan fingerprint density at radius 3 is 1.01 bits per heavy atom. The van der Waals surface area contributed by atoms with Gasteiger partial charge in [-0.1, -0.05) is 394 Å². The van der Waals surface area contributed by atoms with E-state index in [1.54, 1.807) is 36.4 Å². The summed E-state index contributed by atoms with van der Waals surface area (Å²) in [4.78, 5) is 50.1. The Morgan fingerprint density at radius 2 is 0.720 bits per heavy atom. The molecule has 13 nitrogen and oxygen atoms in total. The molecule has 1 saturated carbocycles. The minimum Gasteiger partial charge on any atom is -0.465 e. The number of amides is 3. The fourth-order valence-corrected chi connectivity index (χ4v) is 25.0. The van der Waals surface area contributed by atoms with E-state index >= 15 is 0 Å². The molecule has 19 heteroatoms. The predicted octanol–water partition coefficient (Wildman–Crippen LogP) is 17.6. The summed E-state index contributed by atoms with van der Waals surface area (Å²) >= 11 is 0. The third-order valence-electron chi connectivity index (χ3n) is 21.1. The first-order chi connectivity index (χ1) is 60.6. The smallest absolute Gasteiger partial charge is 0.404 e. The van der Waals surface area contributed by atoms with Gasteiger partial charge < -0.3 is 21.1 Å². The molecule has 0 saturated heterocycles. The molecule has 0 radical (unpaired) electrons. The van der Waals surface area contributed by atoms with E-state index in [4.69, 9.17) is 5.11 Å². The molecule has 15 aromatic carbocycles. The number of hydrogen-bond donors (Lipinski definition) is 6. The molecular formula is C106H100N6O7P4PdS. The van der Waals surface area contributed by atoms with Crippen LogP contribution < -0.4 is 85.2 Å². The van der Waals surface area contributed by atoms with Gasteiger partial charge in [-0.25, -0.2) is 17.5 Å². The number of aryl methyl sites for hydroxylation is 1. The van der Waals surface area contributed by atoms with Gasteiger partial charge in [0.05, 0.1) is 15.8 Å². The van der Waals surface area contributed by atoms with E-state index in [1.807, 2.05) is 31.2 Å². The van der Waals surface area contributed by atoms with Crippen LogP contribution in [-0.4, -0.2) is 72.6 Å². The second-order valence-electron chi connectivity index (χ2n) is 29.8. The van der Waals surface area contributed by atoms with Gasteiger partial charge in [-0.05, 0) is 186 Å². The minimum atomic E-state index is -3.57. The Hall–Kier alpha value is -11.9. The molecule has 16 aromatic rings. The van der Waals surface area contributed by atoms with Crippen molar-refractivity contribution in [2.24, 2.45) is 11.8 Å². The maximum atomic E-state index is 13.6. The number of benzene rings is 15. The average molecular weight is 1830 g/mol. The first-order valence-corrected chi connectivity index (χ1v) is 48.1. The van der Waals surface area contributed by atoms with Crippen LogP contribution in [-0.2, 0) is 46.5 Å². The van der Waals surface area contributed by atoms with Gasteiger partial charge in [0.25, 0.3) is 5.56 Å². The molecule has 1 heterocycles. The molecule has 1 fully saturated rings. The van der Waals surface area contributed by atoms with Crippen molar-refractivity contribution >= 4 is 140 Å². The van der Waals surface area contributed by atoms with Gasteiger partial charge in [0.15, 0.2) is 0 Å². The zero-order chi connectivity index (χ0) is 86.3. The van der Waals surface area contributed by atoms with E-state index < -0.39 is 59.8 Å². The SMILES string of the molecule is Cc1cc(S(=O)(=O)N(C)C)ccc1-c1ccc(C[C@H](NC(=O)C2CCC(CNC(=O)O)CC2)C(=O)Nc2ccc3c(=O)[nH][nH]c3c2)cc1.[Pd].c1ccc(P(c2ccccc2)c2ccccc2)cc1.c1ccc(P(c2ccccc2)c2ccccc2)cc1.c1ccc(P(c2ccccc2)c2ccccc2)cc1.c1ccc(P(c2ccccc2)c2ccccc2)cc1. The molecular weight excluding hydrogens is 1730 g/mol. The Balaban J connectivity index is 0.000000154. The van der Waals surface area contributed by atoms with Crippen LogP contribution in [0.25, 0.3) is 22.0 Å². The molecule has 0 bridgehead atoms. The molecule has 1 atom stereocenters. The molecule has 0 unspecified atom stereocenters. The predicted molar refractivity (Wildman–Crippen MR) is 523 cm³/mol.